The molecule has 0 fully saturated rings. The molecule has 0 aliphatic heterocycles. The van der Waals surface area contributed by atoms with Gasteiger partial charge in [0.25, 0.3) is 0 Å². The van der Waals surface area contributed by atoms with Crippen LogP contribution in [-0.4, -0.2) is 59.2 Å². The normalized spacial score (nSPS) is 14.4. The molecular formula is C19H32N2O4S3. The maximum absolute atomic E-state index is 12.5. The van der Waals surface area contributed by atoms with Crippen LogP contribution in [0.15, 0.2) is 11.2 Å². The van der Waals surface area contributed by atoms with E-state index in [1.54, 1.807) is 0 Å². The Labute approximate surface area is 177 Å². The Morgan fingerprint density at radius 3 is 2.32 bits per heavy atom. The van der Waals surface area contributed by atoms with Crippen LogP contribution in [0.3, 0.4) is 0 Å². The van der Waals surface area contributed by atoms with E-state index in [-0.39, 0.29) is 17.6 Å². The molecule has 160 valence electrons. The van der Waals surface area contributed by atoms with E-state index in [2.05, 4.69) is 9.97 Å². The first kappa shape index (κ1) is 25.2. The smallest absolute Gasteiger partial charge is 0.316 e. The third-order valence-corrected chi connectivity index (χ3v) is 8.17. The standard InChI is InChI=1S/C19H32N2O4S3/c1-5-7-9-27(23)14-17(28(24)10-8-6-2)12-25-18(22)13-26-19-20-15(3)11-16(4)21-19/h11,17H,5-10,12-14H2,1-4H3. The molecule has 9 heteroatoms. The first-order chi connectivity index (χ1) is 13.3. The number of esters is 1. The van der Waals surface area contributed by atoms with Crippen molar-refractivity contribution >= 4 is 39.3 Å². The molecule has 0 spiro atoms. The summed E-state index contributed by atoms with van der Waals surface area (Å²) in [5.41, 5.74) is 1.70. The molecule has 0 radical (unpaired) electrons. The first-order valence-corrected chi connectivity index (χ1v) is 13.5. The molecule has 1 rings (SSSR count). The summed E-state index contributed by atoms with van der Waals surface area (Å²) in [6.45, 7) is 7.89. The van der Waals surface area contributed by atoms with Crippen LogP contribution in [0.4, 0.5) is 0 Å². The molecule has 3 unspecified atom stereocenters. The van der Waals surface area contributed by atoms with Crippen LogP contribution in [-0.2, 0) is 31.1 Å². The monoisotopic (exact) mass is 448 g/mol. The highest BCUT2D eigenvalue weighted by Crippen LogP contribution is 2.14. The molecule has 1 aromatic heterocycles. The third-order valence-electron chi connectivity index (χ3n) is 3.88. The highest BCUT2D eigenvalue weighted by molar-refractivity contribution is 7.99. The summed E-state index contributed by atoms with van der Waals surface area (Å²) >= 11 is 1.22. The summed E-state index contributed by atoms with van der Waals surface area (Å²) in [4.78, 5) is 20.7. The van der Waals surface area contributed by atoms with Crippen molar-refractivity contribution in [1.82, 2.24) is 9.97 Å². The van der Waals surface area contributed by atoms with E-state index in [1.165, 1.54) is 11.8 Å². The van der Waals surface area contributed by atoms with E-state index in [4.69, 9.17) is 4.74 Å². The molecule has 0 aliphatic carbocycles. The fourth-order valence-corrected chi connectivity index (χ4v) is 6.58. The molecule has 28 heavy (non-hydrogen) atoms. The van der Waals surface area contributed by atoms with E-state index in [1.807, 2.05) is 33.8 Å². The Hall–Kier alpha value is -0.800. The van der Waals surface area contributed by atoms with Crippen LogP contribution in [0.25, 0.3) is 0 Å². The van der Waals surface area contributed by atoms with Gasteiger partial charge in [0.1, 0.15) is 6.61 Å². The Balaban J connectivity index is 2.55. The van der Waals surface area contributed by atoms with Gasteiger partial charge < -0.3 is 4.74 Å². The number of nitrogens with zero attached hydrogens (tertiary/aromatic N) is 2. The largest absolute Gasteiger partial charge is 0.464 e. The van der Waals surface area contributed by atoms with E-state index >= 15 is 0 Å². The van der Waals surface area contributed by atoms with Gasteiger partial charge in [-0.05, 0) is 32.8 Å². The van der Waals surface area contributed by atoms with E-state index in [9.17, 15) is 13.2 Å². The maximum Gasteiger partial charge on any atom is 0.316 e. The summed E-state index contributed by atoms with van der Waals surface area (Å²) in [6.07, 6.45) is 3.65. The van der Waals surface area contributed by atoms with Crippen molar-refractivity contribution in [2.24, 2.45) is 0 Å². The fourth-order valence-electron chi connectivity index (χ4n) is 2.36. The van der Waals surface area contributed by atoms with Crippen LogP contribution in [0.5, 0.6) is 0 Å². The zero-order chi connectivity index (χ0) is 20.9. The number of hydrogen-bond donors (Lipinski definition) is 0. The van der Waals surface area contributed by atoms with Crippen LogP contribution in [0.2, 0.25) is 0 Å². The fraction of sp³-hybridized carbons (Fsp3) is 0.737. The second-order valence-corrected chi connectivity index (χ2v) is 11.0. The van der Waals surface area contributed by atoms with E-state index in [0.717, 1.165) is 37.1 Å². The van der Waals surface area contributed by atoms with Crippen molar-refractivity contribution < 1.29 is 17.9 Å². The minimum Gasteiger partial charge on any atom is -0.464 e. The number of unbranched alkanes of at least 4 members (excludes halogenated alkanes) is 2. The van der Waals surface area contributed by atoms with Gasteiger partial charge in [-0.1, -0.05) is 38.5 Å². The van der Waals surface area contributed by atoms with Crippen LogP contribution < -0.4 is 0 Å². The number of ether oxygens (including phenoxy) is 1. The lowest BCUT2D eigenvalue weighted by molar-refractivity contribution is -0.140. The van der Waals surface area contributed by atoms with Crippen molar-refractivity contribution in [1.29, 1.82) is 0 Å². The topological polar surface area (TPSA) is 86.2 Å². The molecule has 0 amide bonds. The lowest BCUT2D eigenvalue weighted by Crippen LogP contribution is -2.31. The minimum absolute atomic E-state index is 0.0429. The van der Waals surface area contributed by atoms with Gasteiger partial charge in [0.15, 0.2) is 5.16 Å². The summed E-state index contributed by atoms with van der Waals surface area (Å²) in [7, 11) is -2.19. The van der Waals surface area contributed by atoms with Gasteiger partial charge in [0, 0.05) is 50.2 Å². The molecule has 0 N–H and O–H groups in total. The Morgan fingerprint density at radius 1 is 1.11 bits per heavy atom. The summed E-state index contributed by atoms with van der Waals surface area (Å²) < 4.78 is 30.1. The van der Waals surface area contributed by atoms with Gasteiger partial charge in [0.05, 0.1) is 11.0 Å². The molecule has 0 bridgehead atoms. The molecule has 1 aromatic rings. The zero-order valence-electron chi connectivity index (χ0n) is 17.3. The van der Waals surface area contributed by atoms with Gasteiger partial charge in [-0.25, -0.2) is 9.97 Å². The molecule has 0 aromatic carbocycles. The predicted octanol–water partition coefficient (Wildman–Crippen LogP) is 3.19. The van der Waals surface area contributed by atoms with Gasteiger partial charge in [-0.2, -0.15) is 0 Å². The van der Waals surface area contributed by atoms with Gasteiger partial charge in [-0.3, -0.25) is 13.2 Å². The zero-order valence-corrected chi connectivity index (χ0v) is 19.7. The van der Waals surface area contributed by atoms with Gasteiger partial charge in [0.2, 0.25) is 0 Å². The highest BCUT2D eigenvalue weighted by Gasteiger charge is 2.21. The number of carbonyl (C=O) groups excluding carboxylic acids is 1. The molecule has 0 aliphatic rings. The minimum atomic E-state index is -1.15. The Kier molecular flexibility index (Phi) is 12.8. The Bertz CT molecular complexity index is 650. The summed E-state index contributed by atoms with van der Waals surface area (Å²) in [5.74, 6) is 1.16. The Morgan fingerprint density at radius 2 is 1.71 bits per heavy atom. The van der Waals surface area contributed by atoms with E-state index in [0.29, 0.717) is 22.4 Å². The number of thioether (sulfide) groups is 1. The number of aromatic nitrogens is 2. The molecule has 6 nitrogen and oxygen atoms in total. The first-order valence-electron chi connectivity index (χ1n) is 9.68. The van der Waals surface area contributed by atoms with Crippen LogP contribution >= 0.6 is 11.8 Å². The molecule has 0 saturated heterocycles. The number of hydrogen-bond acceptors (Lipinski definition) is 7. The number of carbonyl (C=O) groups is 1. The van der Waals surface area contributed by atoms with Crippen molar-refractivity contribution in [3.63, 3.8) is 0 Å². The quantitative estimate of drug-likeness (QED) is 0.245. The summed E-state index contributed by atoms with van der Waals surface area (Å²) in [5, 5.41) is 0.161. The van der Waals surface area contributed by atoms with E-state index < -0.39 is 27.6 Å². The van der Waals surface area contributed by atoms with Crippen molar-refractivity contribution in [2.75, 3.05) is 29.6 Å². The second-order valence-electron chi connectivity index (χ2n) is 6.63. The molecule has 1 heterocycles. The van der Waals surface area contributed by atoms with Crippen LogP contribution in [0.1, 0.15) is 50.9 Å². The van der Waals surface area contributed by atoms with Gasteiger partial charge >= 0.3 is 5.97 Å². The average molecular weight is 449 g/mol. The third kappa shape index (κ3) is 10.7. The lowest BCUT2D eigenvalue weighted by Gasteiger charge is -2.16. The predicted molar refractivity (Wildman–Crippen MR) is 118 cm³/mol. The van der Waals surface area contributed by atoms with Crippen molar-refractivity contribution in [2.45, 2.75) is 63.8 Å². The maximum atomic E-state index is 12.5. The molecular weight excluding hydrogens is 416 g/mol. The average Bonchev–Trinajstić information content (AvgIpc) is 2.65. The van der Waals surface area contributed by atoms with Crippen molar-refractivity contribution in [3.8, 4) is 0 Å². The molecule has 0 saturated carbocycles. The highest BCUT2D eigenvalue weighted by atomic mass is 32.2. The SMILES string of the molecule is CCCCS(=O)CC(COC(=O)CSc1nc(C)cc(C)n1)S(=O)CCCC. The van der Waals surface area contributed by atoms with Crippen LogP contribution in [0, 0.1) is 13.8 Å². The lowest BCUT2D eigenvalue weighted by atomic mass is 10.4. The second kappa shape index (κ2) is 14.2. The number of rotatable bonds is 14. The van der Waals surface area contributed by atoms with Crippen molar-refractivity contribution in [3.05, 3.63) is 17.5 Å². The number of aryl methyl sites for hydroxylation is 2. The molecule has 3 atom stereocenters. The van der Waals surface area contributed by atoms with Gasteiger partial charge in [-0.15, -0.1) is 0 Å². The summed E-state index contributed by atoms with van der Waals surface area (Å²) in [6, 6.07) is 1.87.